The third-order valence-corrected chi connectivity index (χ3v) is 15.9. The van der Waals surface area contributed by atoms with Gasteiger partial charge in [0, 0.05) is 38.2 Å². The average molecular weight is 1070 g/mol. The van der Waals surface area contributed by atoms with Crippen LogP contribution in [0.3, 0.4) is 0 Å². The Morgan fingerprint density at radius 1 is 0.298 bits per heavy atom. The first-order valence-electron chi connectivity index (χ1n) is 27.2. The fourth-order valence-corrected chi connectivity index (χ4v) is 12.0. The molecule has 0 saturated carbocycles. The topological polar surface area (TPSA) is 103 Å². The zero-order valence-electron chi connectivity index (χ0n) is 44.8. The van der Waals surface area contributed by atoms with Crippen LogP contribution in [0.1, 0.15) is 16.7 Å². The molecule has 3 heterocycles. The molecule has 8 heteroatoms. The summed E-state index contributed by atoms with van der Waals surface area (Å²) in [6.07, 6.45) is 0. The van der Waals surface area contributed by atoms with Crippen LogP contribution in [0.2, 0.25) is 0 Å². The monoisotopic (exact) mass is 1070 g/mol. The van der Waals surface area contributed by atoms with E-state index in [0.29, 0.717) is 33.8 Å². The molecule has 386 valence electrons. The number of fused-ring (bicyclic) bond motifs is 6. The number of nitriles is 3. The molecular weight excluding hydrogens is 1020 g/mol. The smallest absolute Gasteiger partial charge is 0.194 e. The maximum absolute atomic E-state index is 11.8. The molecule has 0 N–H and O–H groups in total. The van der Waals surface area contributed by atoms with Crippen LogP contribution in [0.25, 0.3) is 143 Å². The van der Waals surface area contributed by atoms with Gasteiger partial charge in [0.15, 0.2) is 11.4 Å². The van der Waals surface area contributed by atoms with Gasteiger partial charge in [-0.1, -0.05) is 170 Å². The van der Waals surface area contributed by atoms with Crippen molar-refractivity contribution in [2.75, 3.05) is 0 Å². The molecule has 0 amide bonds. The molecule has 0 aliphatic heterocycles. The molecule has 11 aromatic carbocycles. The number of para-hydroxylation sites is 2. The van der Waals surface area contributed by atoms with Gasteiger partial charge in [-0.05, 0) is 135 Å². The van der Waals surface area contributed by atoms with Crippen molar-refractivity contribution in [1.82, 2.24) is 14.1 Å². The van der Waals surface area contributed by atoms with E-state index in [1.165, 1.54) is 0 Å². The molecule has 8 nitrogen and oxygen atoms in total. The number of aromatic nitrogens is 3. The summed E-state index contributed by atoms with van der Waals surface area (Å²) in [4.78, 5) is 13.1. The van der Waals surface area contributed by atoms with Gasteiger partial charge in [0.25, 0.3) is 0 Å². The highest BCUT2D eigenvalue weighted by Gasteiger charge is 2.25. The van der Waals surface area contributed by atoms with Crippen molar-refractivity contribution >= 4 is 55.0 Å². The summed E-state index contributed by atoms with van der Waals surface area (Å²) in [5.41, 5.74) is 19.2. The lowest BCUT2D eigenvalue weighted by Crippen LogP contribution is -2.04. The van der Waals surface area contributed by atoms with Crippen LogP contribution in [0, 0.1) is 47.1 Å². The molecule has 0 aliphatic rings. The largest absolute Gasteiger partial charge is 0.309 e. The van der Waals surface area contributed by atoms with Crippen molar-refractivity contribution in [2.45, 2.75) is 0 Å². The third kappa shape index (κ3) is 8.39. The second kappa shape index (κ2) is 20.7. The van der Waals surface area contributed by atoms with E-state index in [9.17, 15) is 15.8 Å². The van der Waals surface area contributed by atoms with Crippen molar-refractivity contribution in [2.24, 2.45) is 0 Å². The molecular formula is C76H42N8. The fraction of sp³-hybridized carbons (Fsp3) is 0. The van der Waals surface area contributed by atoms with Crippen LogP contribution in [-0.2, 0) is 0 Å². The van der Waals surface area contributed by atoms with Crippen molar-refractivity contribution in [1.29, 1.82) is 15.8 Å². The maximum Gasteiger partial charge on any atom is 0.194 e. The third-order valence-electron chi connectivity index (χ3n) is 15.9. The Hall–Kier alpha value is -12.4. The molecule has 84 heavy (non-hydrogen) atoms. The summed E-state index contributed by atoms with van der Waals surface area (Å²) in [7, 11) is 0. The average Bonchev–Trinajstić information content (AvgIpc) is 2.56. The van der Waals surface area contributed by atoms with E-state index in [4.69, 9.17) is 18.1 Å². The molecule has 0 fully saturated rings. The highest BCUT2D eigenvalue weighted by atomic mass is 15.0. The van der Waals surface area contributed by atoms with Gasteiger partial charge in [0.2, 0.25) is 0 Å². The van der Waals surface area contributed by atoms with E-state index in [2.05, 4.69) is 140 Å². The lowest BCUT2D eigenvalue weighted by atomic mass is 9.96. The van der Waals surface area contributed by atoms with Crippen LogP contribution in [-0.4, -0.2) is 14.1 Å². The first-order valence-corrected chi connectivity index (χ1v) is 27.2. The Morgan fingerprint density at radius 3 is 1.06 bits per heavy atom. The number of benzene rings is 11. The Bertz CT molecular complexity index is 4980. The van der Waals surface area contributed by atoms with Crippen molar-refractivity contribution in [3.05, 3.63) is 294 Å². The van der Waals surface area contributed by atoms with Crippen LogP contribution in [0.4, 0.5) is 11.4 Å². The van der Waals surface area contributed by atoms with Gasteiger partial charge in [0.05, 0.1) is 86.8 Å². The van der Waals surface area contributed by atoms with E-state index in [-0.39, 0.29) is 0 Å². The van der Waals surface area contributed by atoms with Gasteiger partial charge in [-0.2, -0.15) is 15.8 Å². The van der Waals surface area contributed by atoms with Gasteiger partial charge in [-0.15, -0.1) is 0 Å². The molecule has 0 atom stereocenters. The van der Waals surface area contributed by atoms with E-state index in [1.54, 1.807) is 0 Å². The van der Waals surface area contributed by atoms with Gasteiger partial charge in [0.1, 0.15) is 6.07 Å². The van der Waals surface area contributed by atoms with E-state index in [0.717, 1.165) is 127 Å². The van der Waals surface area contributed by atoms with Gasteiger partial charge in [-0.25, -0.2) is 14.7 Å². The number of hydrogen-bond donors (Lipinski definition) is 0. The number of rotatable bonds is 9. The maximum atomic E-state index is 11.8. The number of pyridine rings is 1. The van der Waals surface area contributed by atoms with Crippen LogP contribution in [0.15, 0.2) is 255 Å². The fourth-order valence-electron chi connectivity index (χ4n) is 12.0. The minimum Gasteiger partial charge on any atom is -0.309 e. The number of hydrogen-bond acceptors (Lipinski definition) is 4. The van der Waals surface area contributed by atoms with Gasteiger partial charge >= 0.3 is 0 Å². The summed E-state index contributed by atoms with van der Waals surface area (Å²) in [5, 5.41) is 36.0. The Balaban J connectivity index is 1.11. The molecule has 0 radical (unpaired) electrons. The van der Waals surface area contributed by atoms with Gasteiger partial charge < -0.3 is 9.13 Å². The van der Waals surface area contributed by atoms with Crippen LogP contribution >= 0.6 is 0 Å². The Morgan fingerprint density at radius 2 is 0.655 bits per heavy atom. The molecule has 3 aromatic heterocycles. The summed E-state index contributed by atoms with van der Waals surface area (Å²) in [5.74, 6) is 0. The van der Waals surface area contributed by atoms with Crippen LogP contribution < -0.4 is 0 Å². The molecule has 0 spiro atoms. The minimum atomic E-state index is 0.409. The first-order chi connectivity index (χ1) is 41.4. The molecule has 0 saturated heterocycles. The number of nitrogens with zero attached hydrogens (tertiary/aromatic N) is 8. The second-order valence-corrected chi connectivity index (χ2v) is 20.5. The molecule has 0 unspecified atom stereocenters. The van der Waals surface area contributed by atoms with Crippen LogP contribution in [0.5, 0.6) is 0 Å². The normalized spacial score (nSPS) is 11.0. The van der Waals surface area contributed by atoms with Gasteiger partial charge in [-0.3, -0.25) is 0 Å². The highest BCUT2D eigenvalue weighted by Crippen LogP contribution is 2.46. The molecule has 0 bridgehead atoms. The standard InChI is InChI=1S/C76H42N8/c1-80-67-27-15-13-25-60(67)52-31-35-73-65(39-52)66-40-53(61-26-14-16-28-68(61)81-2)32-36-74(66)84(73)76-43-57(47-79)75(44-62(76)56-41-69(48-17-5-3-6-18-48)82-70(42-56)49-19-7-4-8-20-49)83-71-33-29-50(58-23-11-9-21-54(58)45-77)37-63(71)64-38-51(30-34-72(64)83)59-24-12-10-22-55(59)46-78/h3-44H. The SMILES string of the molecule is [C-]#[N+]c1ccccc1-c1ccc2c(c1)c1cc(-c3ccccc3[N+]#[C-])ccc1n2-c1cc(C#N)c(-n2c3ccc(-c4ccccc4C#N)cc3c3cc(-c4ccccc4C#N)ccc32)cc1-c1cc(-c2ccccc2)nc(-c2ccccc2)c1. The zero-order valence-corrected chi connectivity index (χ0v) is 44.8. The molecule has 14 aromatic rings. The molecule has 0 aliphatic carbocycles. The van der Waals surface area contributed by atoms with Crippen molar-refractivity contribution in [3.8, 4) is 108 Å². The van der Waals surface area contributed by atoms with E-state index in [1.807, 2.05) is 152 Å². The summed E-state index contributed by atoms with van der Waals surface area (Å²) in [6.45, 7) is 16.2. The zero-order chi connectivity index (χ0) is 56.8. The Kier molecular flexibility index (Phi) is 12.3. The first kappa shape index (κ1) is 49.9. The van der Waals surface area contributed by atoms with Crippen molar-refractivity contribution < 1.29 is 0 Å². The minimum absolute atomic E-state index is 0.409. The van der Waals surface area contributed by atoms with E-state index >= 15 is 0 Å². The Labute approximate surface area is 484 Å². The summed E-state index contributed by atoms with van der Waals surface area (Å²) >= 11 is 0. The second-order valence-electron chi connectivity index (χ2n) is 20.5. The predicted octanol–water partition coefficient (Wildman–Crippen LogP) is 19.7. The lowest BCUT2D eigenvalue weighted by Gasteiger charge is -2.20. The summed E-state index contributed by atoms with van der Waals surface area (Å²) < 4.78 is 4.41. The highest BCUT2D eigenvalue weighted by molar-refractivity contribution is 6.14. The predicted molar refractivity (Wildman–Crippen MR) is 338 cm³/mol. The quantitative estimate of drug-likeness (QED) is 0.134. The molecule has 14 rings (SSSR count). The van der Waals surface area contributed by atoms with E-state index < -0.39 is 0 Å². The lowest BCUT2D eigenvalue weighted by molar-refractivity contribution is 1.13. The van der Waals surface area contributed by atoms with Crippen molar-refractivity contribution in [3.63, 3.8) is 0 Å². The summed E-state index contributed by atoms with van der Waals surface area (Å²) in [6, 6.07) is 91.8.